The Hall–Kier alpha value is -2.58. The Bertz CT molecular complexity index is 1050. The molecule has 0 spiro atoms. The third kappa shape index (κ3) is 3.18. The fraction of sp³-hybridized carbons (Fsp3) is 0.235. The van der Waals surface area contributed by atoms with Gasteiger partial charge in [-0.25, -0.2) is 13.2 Å². The predicted octanol–water partition coefficient (Wildman–Crippen LogP) is 1.71. The highest BCUT2D eigenvalue weighted by molar-refractivity contribution is 7.92. The lowest BCUT2D eigenvalue weighted by Crippen LogP contribution is -2.36. The van der Waals surface area contributed by atoms with Crippen molar-refractivity contribution in [2.75, 3.05) is 10.8 Å². The standard InChI is InChI=1S/C17H18N2O5S/c1-12(20)11-19(13-6-4-3-5-7-13)25(22,23)14-8-9-15-16(10-14)24-17(21)18(15)2/h3-10,12,20H,11H2,1-2H3/t12-/m0/s1. The first-order valence-electron chi connectivity index (χ1n) is 7.66. The Morgan fingerprint density at radius 3 is 2.52 bits per heavy atom. The van der Waals surface area contributed by atoms with Crippen LogP contribution >= 0.6 is 0 Å². The van der Waals surface area contributed by atoms with E-state index in [1.54, 1.807) is 37.4 Å². The Balaban J connectivity index is 2.13. The monoisotopic (exact) mass is 362 g/mol. The zero-order valence-electron chi connectivity index (χ0n) is 13.8. The van der Waals surface area contributed by atoms with E-state index in [2.05, 4.69) is 0 Å². The quantitative estimate of drug-likeness (QED) is 0.746. The number of oxazole rings is 1. The van der Waals surface area contributed by atoms with Gasteiger partial charge in [-0.2, -0.15) is 0 Å². The number of sulfonamides is 1. The predicted molar refractivity (Wildman–Crippen MR) is 94.1 cm³/mol. The van der Waals surface area contributed by atoms with Gasteiger partial charge in [0.25, 0.3) is 10.0 Å². The molecule has 0 aliphatic rings. The SMILES string of the molecule is C[C@H](O)CN(c1ccccc1)S(=O)(=O)c1ccc2c(c1)oc(=O)n2C. The molecular formula is C17H18N2O5S. The lowest BCUT2D eigenvalue weighted by atomic mass is 10.3. The molecule has 0 bridgehead atoms. The minimum Gasteiger partial charge on any atom is -0.408 e. The van der Waals surface area contributed by atoms with Crippen molar-refractivity contribution in [2.45, 2.75) is 17.9 Å². The van der Waals surface area contributed by atoms with Crippen molar-refractivity contribution in [3.8, 4) is 0 Å². The van der Waals surface area contributed by atoms with Gasteiger partial charge in [-0.05, 0) is 31.2 Å². The molecule has 0 saturated carbocycles. The molecule has 132 valence electrons. The summed E-state index contributed by atoms with van der Waals surface area (Å²) in [4.78, 5) is 11.6. The molecule has 0 fully saturated rings. The number of aliphatic hydroxyl groups excluding tert-OH is 1. The van der Waals surface area contributed by atoms with Gasteiger partial charge >= 0.3 is 5.76 Å². The molecule has 3 rings (SSSR count). The second kappa shape index (κ2) is 6.38. The number of anilines is 1. The summed E-state index contributed by atoms with van der Waals surface area (Å²) in [5.41, 5.74) is 1.14. The molecule has 0 saturated heterocycles. The number of aliphatic hydroxyl groups is 1. The summed E-state index contributed by atoms with van der Waals surface area (Å²) in [5.74, 6) is -0.562. The summed E-state index contributed by atoms with van der Waals surface area (Å²) in [5, 5.41) is 9.74. The Labute approximate surface area is 144 Å². The summed E-state index contributed by atoms with van der Waals surface area (Å²) >= 11 is 0. The summed E-state index contributed by atoms with van der Waals surface area (Å²) in [7, 11) is -2.39. The number of benzene rings is 2. The van der Waals surface area contributed by atoms with Crippen LogP contribution in [0.4, 0.5) is 5.69 Å². The zero-order valence-corrected chi connectivity index (χ0v) is 14.6. The van der Waals surface area contributed by atoms with E-state index < -0.39 is 21.9 Å². The first kappa shape index (κ1) is 17.2. The minimum absolute atomic E-state index is 0.0150. The van der Waals surface area contributed by atoms with Gasteiger partial charge in [0.2, 0.25) is 0 Å². The van der Waals surface area contributed by atoms with Gasteiger partial charge in [0.05, 0.1) is 28.7 Å². The topological polar surface area (TPSA) is 92.8 Å². The molecule has 1 atom stereocenters. The second-order valence-corrected chi connectivity index (χ2v) is 7.64. The van der Waals surface area contributed by atoms with Crippen LogP contribution in [-0.2, 0) is 17.1 Å². The highest BCUT2D eigenvalue weighted by atomic mass is 32.2. The highest BCUT2D eigenvalue weighted by Gasteiger charge is 2.27. The molecule has 2 aromatic carbocycles. The Morgan fingerprint density at radius 1 is 1.20 bits per heavy atom. The number of hydrogen-bond acceptors (Lipinski definition) is 5. The summed E-state index contributed by atoms with van der Waals surface area (Å²) < 4.78 is 33.7. The van der Waals surface area contributed by atoms with E-state index in [4.69, 9.17) is 4.42 Å². The lowest BCUT2D eigenvalue weighted by Gasteiger charge is -2.25. The summed E-state index contributed by atoms with van der Waals surface area (Å²) in [6.07, 6.45) is -0.853. The van der Waals surface area contributed by atoms with E-state index in [9.17, 15) is 18.3 Å². The van der Waals surface area contributed by atoms with E-state index in [0.717, 1.165) is 4.31 Å². The summed E-state index contributed by atoms with van der Waals surface area (Å²) in [6.45, 7) is 1.42. The average Bonchev–Trinajstić information content (AvgIpc) is 2.87. The third-order valence-corrected chi connectivity index (χ3v) is 5.62. The first-order valence-corrected chi connectivity index (χ1v) is 9.10. The molecule has 0 unspecified atom stereocenters. The second-order valence-electron chi connectivity index (χ2n) is 5.78. The maximum atomic E-state index is 13.1. The number of nitrogens with zero attached hydrogens (tertiary/aromatic N) is 2. The number of para-hydroxylation sites is 1. The van der Waals surface area contributed by atoms with Gasteiger partial charge in [-0.3, -0.25) is 8.87 Å². The first-order chi connectivity index (χ1) is 11.8. The highest BCUT2D eigenvalue weighted by Crippen LogP contribution is 2.26. The minimum atomic E-state index is -3.94. The molecule has 25 heavy (non-hydrogen) atoms. The molecule has 0 amide bonds. The fourth-order valence-electron chi connectivity index (χ4n) is 2.58. The van der Waals surface area contributed by atoms with Crippen molar-refractivity contribution in [1.29, 1.82) is 0 Å². The van der Waals surface area contributed by atoms with Crippen LogP contribution in [0.5, 0.6) is 0 Å². The van der Waals surface area contributed by atoms with Gasteiger partial charge in [0, 0.05) is 13.1 Å². The van der Waals surface area contributed by atoms with Gasteiger partial charge in [-0.15, -0.1) is 0 Å². The van der Waals surface area contributed by atoms with Crippen LogP contribution in [0.25, 0.3) is 11.1 Å². The molecule has 1 aromatic heterocycles. The largest absolute Gasteiger partial charge is 0.419 e. The van der Waals surface area contributed by atoms with Crippen molar-refractivity contribution in [1.82, 2.24) is 4.57 Å². The molecule has 8 heteroatoms. The molecule has 0 radical (unpaired) electrons. The molecule has 0 aliphatic carbocycles. The Morgan fingerprint density at radius 2 is 1.88 bits per heavy atom. The van der Waals surface area contributed by atoms with Crippen LogP contribution in [0, 0.1) is 0 Å². The van der Waals surface area contributed by atoms with E-state index in [-0.39, 0.29) is 17.0 Å². The molecule has 1 N–H and O–H groups in total. The van der Waals surface area contributed by atoms with Crippen molar-refractivity contribution in [3.05, 3.63) is 59.1 Å². The van der Waals surface area contributed by atoms with Crippen LogP contribution in [0.15, 0.2) is 62.6 Å². The number of hydrogen-bond donors (Lipinski definition) is 1. The number of aromatic nitrogens is 1. The molecule has 1 heterocycles. The molecule has 0 aliphatic heterocycles. The van der Waals surface area contributed by atoms with E-state index in [0.29, 0.717) is 11.2 Å². The van der Waals surface area contributed by atoms with Gasteiger partial charge in [0.15, 0.2) is 5.58 Å². The lowest BCUT2D eigenvalue weighted by molar-refractivity contribution is 0.204. The maximum Gasteiger partial charge on any atom is 0.419 e. The van der Waals surface area contributed by atoms with Crippen molar-refractivity contribution >= 4 is 26.8 Å². The van der Waals surface area contributed by atoms with Crippen LogP contribution < -0.4 is 10.1 Å². The van der Waals surface area contributed by atoms with Crippen LogP contribution in [-0.4, -0.2) is 30.7 Å². The van der Waals surface area contributed by atoms with Crippen molar-refractivity contribution < 1.29 is 17.9 Å². The molecular weight excluding hydrogens is 344 g/mol. The van der Waals surface area contributed by atoms with Crippen LogP contribution in [0.2, 0.25) is 0 Å². The normalized spacial score (nSPS) is 13.1. The molecule has 7 nitrogen and oxygen atoms in total. The summed E-state index contributed by atoms with van der Waals surface area (Å²) in [6, 6.07) is 12.8. The van der Waals surface area contributed by atoms with Crippen molar-refractivity contribution in [3.63, 3.8) is 0 Å². The number of fused-ring (bicyclic) bond motifs is 1. The van der Waals surface area contributed by atoms with Gasteiger partial charge in [-0.1, -0.05) is 18.2 Å². The molecule has 3 aromatic rings. The van der Waals surface area contributed by atoms with E-state index >= 15 is 0 Å². The van der Waals surface area contributed by atoms with Gasteiger partial charge < -0.3 is 9.52 Å². The zero-order chi connectivity index (χ0) is 18.2. The third-order valence-electron chi connectivity index (χ3n) is 3.83. The number of rotatable bonds is 5. The van der Waals surface area contributed by atoms with E-state index in [1.807, 2.05) is 0 Å². The Kier molecular flexibility index (Phi) is 4.40. The smallest absolute Gasteiger partial charge is 0.408 e. The van der Waals surface area contributed by atoms with Crippen molar-refractivity contribution in [2.24, 2.45) is 7.05 Å². The average molecular weight is 362 g/mol. The maximum absolute atomic E-state index is 13.1. The van der Waals surface area contributed by atoms with Crippen LogP contribution in [0.1, 0.15) is 6.92 Å². The number of aryl methyl sites for hydroxylation is 1. The van der Waals surface area contributed by atoms with Gasteiger partial charge in [0.1, 0.15) is 0 Å². The van der Waals surface area contributed by atoms with Crippen LogP contribution in [0.3, 0.4) is 0 Å². The fourth-order valence-corrected chi connectivity index (χ4v) is 4.14. The van der Waals surface area contributed by atoms with E-state index in [1.165, 1.54) is 29.7 Å².